The number of nitrogens with one attached hydrogen (secondary N) is 1. The zero-order valence-electron chi connectivity index (χ0n) is 17.0. The number of morpholine rings is 1. The SMILES string of the molecule is O=C(Nc1nnc(SCc2ccccc2F)s1)c1ccc(Cl)c(S(=O)(=O)N2CCOCC2)c1. The van der Waals surface area contributed by atoms with Gasteiger partial charge in [-0.15, -0.1) is 10.2 Å². The Hall–Kier alpha value is -2.09. The van der Waals surface area contributed by atoms with Gasteiger partial charge in [0, 0.05) is 24.4 Å². The molecule has 2 heterocycles. The van der Waals surface area contributed by atoms with Crippen molar-refractivity contribution in [1.82, 2.24) is 14.5 Å². The summed E-state index contributed by atoms with van der Waals surface area (Å²) in [4.78, 5) is 12.6. The first-order valence-corrected chi connectivity index (χ1v) is 13.3. The maximum absolute atomic E-state index is 13.8. The smallest absolute Gasteiger partial charge is 0.257 e. The topological polar surface area (TPSA) is 101 Å². The van der Waals surface area contributed by atoms with Gasteiger partial charge in [0.15, 0.2) is 4.34 Å². The number of thioether (sulfide) groups is 1. The zero-order valence-corrected chi connectivity index (χ0v) is 20.2. The number of ether oxygens (including phenoxy) is 1. The van der Waals surface area contributed by atoms with Gasteiger partial charge in [-0.2, -0.15) is 4.31 Å². The van der Waals surface area contributed by atoms with Crippen molar-refractivity contribution in [3.63, 3.8) is 0 Å². The number of hydrogen-bond acceptors (Lipinski definition) is 8. The summed E-state index contributed by atoms with van der Waals surface area (Å²) in [6.07, 6.45) is 0. The standard InChI is InChI=1S/C20H18ClFN4O4S3/c21-15-6-5-13(11-17(15)33(28,29)26-7-9-30-10-8-26)18(27)23-19-24-25-20(32-19)31-12-14-3-1-2-4-16(14)22/h1-6,11H,7-10,12H2,(H,23,24,27). The Kier molecular flexibility index (Phi) is 7.62. The molecule has 0 aliphatic carbocycles. The molecule has 1 amide bonds. The Bertz CT molecular complexity index is 1270. The first-order chi connectivity index (χ1) is 15.8. The maximum Gasteiger partial charge on any atom is 0.257 e. The highest BCUT2D eigenvalue weighted by molar-refractivity contribution is 8.00. The molecular formula is C20H18ClFN4O4S3. The van der Waals surface area contributed by atoms with Gasteiger partial charge in [-0.25, -0.2) is 12.8 Å². The van der Waals surface area contributed by atoms with Gasteiger partial charge in [0.05, 0.1) is 18.2 Å². The van der Waals surface area contributed by atoms with Gasteiger partial charge in [-0.05, 0) is 29.8 Å². The summed E-state index contributed by atoms with van der Waals surface area (Å²) in [7, 11) is -3.87. The van der Waals surface area contributed by atoms with Crippen LogP contribution >= 0.6 is 34.7 Å². The van der Waals surface area contributed by atoms with Crippen molar-refractivity contribution >= 4 is 55.8 Å². The van der Waals surface area contributed by atoms with Crippen LogP contribution in [0.1, 0.15) is 15.9 Å². The lowest BCUT2D eigenvalue weighted by Gasteiger charge is -2.26. The fraction of sp³-hybridized carbons (Fsp3) is 0.250. The van der Waals surface area contributed by atoms with Crippen molar-refractivity contribution in [3.8, 4) is 0 Å². The molecule has 3 aromatic rings. The predicted molar refractivity (Wildman–Crippen MR) is 125 cm³/mol. The van der Waals surface area contributed by atoms with Crippen LogP contribution in [0.25, 0.3) is 0 Å². The first-order valence-electron chi connectivity index (χ1n) is 9.73. The van der Waals surface area contributed by atoms with E-state index in [1.165, 1.54) is 40.3 Å². The molecule has 1 aromatic heterocycles. The molecule has 13 heteroatoms. The molecule has 1 aliphatic heterocycles. The Morgan fingerprint density at radius 1 is 1.21 bits per heavy atom. The Labute approximate surface area is 203 Å². The number of benzene rings is 2. The molecule has 1 saturated heterocycles. The minimum absolute atomic E-state index is 0.0285. The number of anilines is 1. The molecule has 33 heavy (non-hydrogen) atoms. The monoisotopic (exact) mass is 528 g/mol. The van der Waals surface area contributed by atoms with Crippen molar-refractivity contribution in [2.24, 2.45) is 0 Å². The summed E-state index contributed by atoms with van der Waals surface area (Å²) < 4.78 is 46.7. The van der Waals surface area contributed by atoms with Crippen molar-refractivity contribution in [1.29, 1.82) is 0 Å². The van der Waals surface area contributed by atoms with Crippen LogP contribution in [0.4, 0.5) is 9.52 Å². The van der Waals surface area contributed by atoms with Gasteiger partial charge in [0.2, 0.25) is 15.2 Å². The van der Waals surface area contributed by atoms with Gasteiger partial charge in [0.1, 0.15) is 10.7 Å². The summed E-state index contributed by atoms with van der Waals surface area (Å²) in [5, 5.41) is 10.8. The molecule has 1 N–H and O–H groups in total. The molecule has 4 rings (SSSR count). The average molecular weight is 529 g/mol. The zero-order chi connectivity index (χ0) is 23.4. The van der Waals surface area contributed by atoms with Crippen LogP contribution in [0, 0.1) is 5.82 Å². The number of carbonyl (C=O) groups is 1. The Morgan fingerprint density at radius 3 is 2.73 bits per heavy atom. The van der Waals surface area contributed by atoms with Crippen LogP contribution in [-0.4, -0.2) is 55.1 Å². The molecule has 0 spiro atoms. The molecule has 0 bridgehead atoms. The molecule has 0 saturated carbocycles. The molecule has 8 nitrogen and oxygen atoms in total. The van der Waals surface area contributed by atoms with Gasteiger partial charge in [-0.3, -0.25) is 10.1 Å². The van der Waals surface area contributed by atoms with Crippen LogP contribution in [-0.2, 0) is 20.5 Å². The third-order valence-electron chi connectivity index (χ3n) is 4.72. The minimum atomic E-state index is -3.87. The largest absolute Gasteiger partial charge is 0.379 e. The van der Waals surface area contributed by atoms with E-state index in [2.05, 4.69) is 15.5 Å². The number of hydrogen-bond donors (Lipinski definition) is 1. The molecule has 0 radical (unpaired) electrons. The molecule has 174 valence electrons. The first kappa shape index (κ1) is 24.0. The summed E-state index contributed by atoms with van der Waals surface area (Å²) in [6.45, 7) is 1.02. The van der Waals surface area contributed by atoms with Crippen molar-refractivity contribution < 1.29 is 22.3 Å². The van der Waals surface area contributed by atoms with Crippen LogP contribution in [0.2, 0.25) is 5.02 Å². The second-order valence-electron chi connectivity index (χ2n) is 6.87. The number of halogens is 2. The summed E-state index contributed by atoms with van der Waals surface area (Å²) in [5.41, 5.74) is 0.653. The second-order valence-corrected chi connectivity index (χ2v) is 11.4. The predicted octanol–water partition coefficient (Wildman–Crippen LogP) is 3.90. The lowest BCUT2D eigenvalue weighted by Crippen LogP contribution is -2.40. The number of aromatic nitrogens is 2. The second kappa shape index (κ2) is 10.5. The molecule has 2 aromatic carbocycles. The highest BCUT2D eigenvalue weighted by Gasteiger charge is 2.29. The van der Waals surface area contributed by atoms with E-state index in [0.29, 0.717) is 28.9 Å². The third kappa shape index (κ3) is 5.70. The van der Waals surface area contributed by atoms with Crippen LogP contribution in [0.15, 0.2) is 51.7 Å². The molecule has 1 fully saturated rings. The summed E-state index contributed by atoms with van der Waals surface area (Å²) in [6, 6.07) is 10.5. The highest BCUT2D eigenvalue weighted by Crippen LogP contribution is 2.30. The summed E-state index contributed by atoms with van der Waals surface area (Å²) >= 11 is 8.58. The molecule has 0 atom stereocenters. The Morgan fingerprint density at radius 2 is 1.97 bits per heavy atom. The molecule has 1 aliphatic rings. The lowest BCUT2D eigenvalue weighted by atomic mass is 10.2. The van der Waals surface area contributed by atoms with Gasteiger partial charge in [-0.1, -0.05) is 52.9 Å². The summed E-state index contributed by atoms with van der Waals surface area (Å²) in [5.74, 6) is -0.477. The number of rotatable bonds is 7. The van der Waals surface area contributed by atoms with E-state index in [-0.39, 0.29) is 39.5 Å². The van der Waals surface area contributed by atoms with E-state index in [1.807, 2.05) is 0 Å². The minimum Gasteiger partial charge on any atom is -0.379 e. The van der Waals surface area contributed by atoms with E-state index >= 15 is 0 Å². The number of carbonyl (C=O) groups excluding carboxylic acids is 1. The van der Waals surface area contributed by atoms with Crippen molar-refractivity contribution in [2.45, 2.75) is 15.0 Å². The van der Waals surface area contributed by atoms with Crippen LogP contribution < -0.4 is 5.32 Å². The van der Waals surface area contributed by atoms with Crippen LogP contribution in [0.3, 0.4) is 0 Å². The van der Waals surface area contributed by atoms with Gasteiger partial charge >= 0.3 is 0 Å². The van der Waals surface area contributed by atoms with E-state index in [9.17, 15) is 17.6 Å². The normalized spacial score (nSPS) is 14.8. The average Bonchev–Trinajstić information content (AvgIpc) is 3.26. The van der Waals surface area contributed by atoms with E-state index in [4.69, 9.17) is 16.3 Å². The highest BCUT2D eigenvalue weighted by atomic mass is 35.5. The van der Waals surface area contributed by atoms with Gasteiger partial charge in [0.25, 0.3) is 5.91 Å². The third-order valence-corrected chi connectivity index (χ3v) is 9.12. The number of sulfonamides is 1. The van der Waals surface area contributed by atoms with Crippen molar-refractivity contribution in [2.75, 3.05) is 31.6 Å². The lowest BCUT2D eigenvalue weighted by molar-refractivity contribution is 0.0730. The van der Waals surface area contributed by atoms with Crippen LogP contribution in [0.5, 0.6) is 0 Å². The fourth-order valence-electron chi connectivity index (χ4n) is 3.01. The Balaban J connectivity index is 1.45. The van der Waals surface area contributed by atoms with Crippen molar-refractivity contribution in [3.05, 3.63) is 64.4 Å². The van der Waals surface area contributed by atoms with Gasteiger partial charge < -0.3 is 4.74 Å². The van der Waals surface area contributed by atoms with E-state index < -0.39 is 15.9 Å². The maximum atomic E-state index is 13.8. The van der Waals surface area contributed by atoms with E-state index in [1.54, 1.807) is 18.2 Å². The number of amides is 1. The molecule has 0 unspecified atom stereocenters. The molecular weight excluding hydrogens is 511 g/mol. The number of nitrogens with zero attached hydrogens (tertiary/aromatic N) is 3. The van der Waals surface area contributed by atoms with E-state index in [0.717, 1.165) is 11.3 Å². The fourth-order valence-corrected chi connectivity index (χ4v) is 6.65. The quantitative estimate of drug-likeness (QED) is 0.366.